The lowest BCUT2D eigenvalue weighted by atomic mass is 10.1. The average Bonchev–Trinajstić information content (AvgIpc) is 3.11. The Morgan fingerprint density at radius 1 is 1.32 bits per heavy atom. The maximum atomic E-state index is 12.1. The molecule has 0 spiro atoms. The van der Waals surface area contributed by atoms with Gasteiger partial charge in [0.25, 0.3) is 0 Å². The van der Waals surface area contributed by atoms with Crippen molar-refractivity contribution in [2.45, 2.75) is 38.6 Å². The number of aromatic nitrogens is 2. The lowest BCUT2D eigenvalue weighted by Gasteiger charge is -2.07. The summed E-state index contributed by atoms with van der Waals surface area (Å²) in [6.45, 7) is 2.07. The first kappa shape index (κ1) is 15.1. The Morgan fingerprint density at radius 2 is 2.09 bits per heavy atom. The number of rotatable bonds is 4. The molecule has 1 amide bonds. The first-order chi connectivity index (χ1) is 10.6. The van der Waals surface area contributed by atoms with Crippen molar-refractivity contribution in [3.05, 3.63) is 40.4 Å². The highest BCUT2D eigenvalue weighted by molar-refractivity contribution is 7.15. The smallest absolute Gasteiger partial charge is 0.229 e. The van der Waals surface area contributed by atoms with Crippen molar-refractivity contribution in [3.8, 4) is 0 Å². The number of anilines is 1. The fraction of sp³-hybridized carbons (Fsp3) is 0.438. The van der Waals surface area contributed by atoms with Gasteiger partial charge in [0.2, 0.25) is 11.0 Å². The molecule has 1 heterocycles. The van der Waals surface area contributed by atoms with Crippen LogP contribution in [-0.2, 0) is 11.2 Å². The van der Waals surface area contributed by atoms with Crippen LogP contribution < -0.4 is 11.1 Å². The van der Waals surface area contributed by atoms with Gasteiger partial charge < -0.3 is 11.1 Å². The molecular formula is C16H20N4OS. The van der Waals surface area contributed by atoms with Gasteiger partial charge in [-0.1, -0.05) is 41.2 Å². The highest BCUT2D eigenvalue weighted by atomic mass is 32.1. The van der Waals surface area contributed by atoms with Crippen LogP contribution in [0.1, 0.15) is 35.4 Å². The van der Waals surface area contributed by atoms with E-state index < -0.39 is 0 Å². The van der Waals surface area contributed by atoms with E-state index in [1.54, 1.807) is 0 Å². The molecule has 1 aliphatic rings. The molecule has 1 fully saturated rings. The Balaban J connectivity index is 1.59. The van der Waals surface area contributed by atoms with Gasteiger partial charge in [0, 0.05) is 18.4 Å². The monoisotopic (exact) mass is 316 g/mol. The van der Waals surface area contributed by atoms with Crippen molar-refractivity contribution in [3.63, 3.8) is 0 Å². The summed E-state index contributed by atoms with van der Waals surface area (Å²) in [6.07, 6.45) is 3.29. The SMILES string of the molecule is Cc1ccc(Cc2nnc(NC(=O)C3CCC(N)C3)s2)cc1. The van der Waals surface area contributed by atoms with Crippen LogP contribution in [0.2, 0.25) is 0 Å². The zero-order chi connectivity index (χ0) is 15.5. The number of nitrogens with one attached hydrogen (secondary N) is 1. The van der Waals surface area contributed by atoms with E-state index in [4.69, 9.17) is 5.73 Å². The van der Waals surface area contributed by atoms with E-state index in [-0.39, 0.29) is 17.9 Å². The van der Waals surface area contributed by atoms with Gasteiger partial charge in [-0.15, -0.1) is 10.2 Å². The molecule has 3 N–H and O–H groups in total. The maximum Gasteiger partial charge on any atom is 0.229 e. The Hall–Kier alpha value is -1.79. The van der Waals surface area contributed by atoms with Crippen LogP contribution in [0.25, 0.3) is 0 Å². The fourth-order valence-electron chi connectivity index (χ4n) is 2.72. The van der Waals surface area contributed by atoms with Gasteiger partial charge in [0.1, 0.15) is 5.01 Å². The minimum Gasteiger partial charge on any atom is -0.328 e. The van der Waals surface area contributed by atoms with Crippen molar-refractivity contribution >= 4 is 22.4 Å². The second kappa shape index (κ2) is 6.54. The van der Waals surface area contributed by atoms with Crippen molar-refractivity contribution < 1.29 is 4.79 Å². The minimum atomic E-state index is 0.0134. The van der Waals surface area contributed by atoms with E-state index >= 15 is 0 Å². The number of carbonyl (C=O) groups is 1. The predicted octanol–water partition coefficient (Wildman–Crippen LogP) is 2.50. The first-order valence-corrected chi connectivity index (χ1v) is 8.36. The van der Waals surface area contributed by atoms with Gasteiger partial charge in [0.15, 0.2) is 0 Å². The second-order valence-corrected chi connectivity index (χ2v) is 6.98. The Bertz CT molecular complexity index is 652. The Morgan fingerprint density at radius 3 is 2.77 bits per heavy atom. The van der Waals surface area contributed by atoms with E-state index in [0.29, 0.717) is 5.13 Å². The molecule has 5 nitrogen and oxygen atoms in total. The summed E-state index contributed by atoms with van der Waals surface area (Å²) in [6, 6.07) is 8.51. The lowest BCUT2D eigenvalue weighted by Crippen LogP contribution is -2.23. The quantitative estimate of drug-likeness (QED) is 0.908. The van der Waals surface area contributed by atoms with E-state index in [0.717, 1.165) is 30.7 Å². The number of carbonyl (C=O) groups excluding carboxylic acids is 1. The Kier molecular flexibility index (Phi) is 4.49. The summed E-state index contributed by atoms with van der Waals surface area (Å²) in [7, 11) is 0. The highest BCUT2D eigenvalue weighted by Crippen LogP contribution is 2.26. The third-order valence-corrected chi connectivity index (χ3v) is 4.86. The summed E-state index contributed by atoms with van der Waals surface area (Å²) in [5.74, 6) is 0.0328. The van der Waals surface area contributed by atoms with Gasteiger partial charge in [-0.3, -0.25) is 4.79 Å². The molecule has 22 heavy (non-hydrogen) atoms. The van der Waals surface area contributed by atoms with Crippen LogP contribution in [0.5, 0.6) is 0 Å². The van der Waals surface area contributed by atoms with Crippen molar-refractivity contribution in [1.29, 1.82) is 0 Å². The number of aryl methyl sites for hydroxylation is 1. The molecule has 2 atom stereocenters. The molecule has 2 unspecified atom stereocenters. The molecule has 1 aliphatic carbocycles. The molecule has 0 radical (unpaired) electrons. The molecule has 0 saturated heterocycles. The summed E-state index contributed by atoms with van der Waals surface area (Å²) < 4.78 is 0. The fourth-order valence-corrected chi connectivity index (χ4v) is 3.50. The molecule has 1 aromatic carbocycles. The third-order valence-electron chi connectivity index (χ3n) is 4.02. The van der Waals surface area contributed by atoms with Crippen LogP contribution in [-0.4, -0.2) is 22.1 Å². The number of nitrogens with zero attached hydrogens (tertiary/aromatic N) is 2. The number of amides is 1. The summed E-state index contributed by atoms with van der Waals surface area (Å²) in [5, 5.41) is 12.6. The third kappa shape index (κ3) is 3.69. The van der Waals surface area contributed by atoms with Crippen LogP contribution in [0, 0.1) is 12.8 Å². The number of hydrogen-bond donors (Lipinski definition) is 2. The zero-order valence-electron chi connectivity index (χ0n) is 12.6. The number of hydrogen-bond acceptors (Lipinski definition) is 5. The van der Waals surface area contributed by atoms with Crippen molar-refractivity contribution in [2.75, 3.05) is 5.32 Å². The van der Waals surface area contributed by atoms with Gasteiger partial charge in [-0.25, -0.2) is 0 Å². The molecule has 1 aromatic heterocycles. The van der Waals surface area contributed by atoms with Crippen LogP contribution in [0.4, 0.5) is 5.13 Å². The minimum absolute atomic E-state index is 0.0134. The van der Waals surface area contributed by atoms with Gasteiger partial charge >= 0.3 is 0 Å². The van der Waals surface area contributed by atoms with Gasteiger partial charge in [-0.05, 0) is 31.7 Å². The molecule has 3 rings (SSSR count). The molecule has 0 aliphatic heterocycles. The van der Waals surface area contributed by atoms with Gasteiger partial charge in [0.05, 0.1) is 0 Å². The molecule has 1 saturated carbocycles. The zero-order valence-corrected chi connectivity index (χ0v) is 13.4. The van der Waals surface area contributed by atoms with Crippen LogP contribution in [0.3, 0.4) is 0 Å². The van der Waals surface area contributed by atoms with Crippen molar-refractivity contribution in [2.24, 2.45) is 11.7 Å². The Labute approximate surface area is 134 Å². The molecule has 6 heteroatoms. The standard InChI is InChI=1S/C16H20N4OS/c1-10-2-4-11(5-3-10)8-14-19-20-16(22-14)18-15(21)12-6-7-13(17)9-12/h2-5,12-13H,6-9,17H2,1H3,(H,18,20,21). The van der Waals surface area contributed by atoms with Crippen LogP contribution in [0.15, 0.2) is 24.3 Å². The molecule has 116 valence electrons. The molecular weight excluding hydrogens is 296 g/mol. The maximum absolute atomic E-state index is 12.1. The van der Waals surface area contributed by atoms with E-state index in [9.17, 15) is 4.79 Å². The van der Waals surface area contributed by atoms with E-state index in [1.165, 1.54) is 22.5 Å². The summed E-state index contributed by atoms with van der Waals surface area (Å²) >= 11 is 1.43. The van der Waals surface area contributed by atoms with Crippen molar-refractivity contribution in [1.82, 2.24) is 10.2 Å². The number of benzene rings is 1. The number of nitrogens with two attached hydrogens (primary N) is 1. The largest absolute Gasteiger partial charge is 0.328 e. The van der Waals surface area contributed by atoms with E-state index in [2.05, 4.69) is 46.7 Å². The second-order valence-electron chi connectivity index (χ2n) is 5.92. The molecule has 0 bridgehead atoms. The topological polar surface area (TPSA) is 80.9 Å². The normalized spacial score (nSPS) is 21.0. The first-order valence-electron chi connectivity index (χ1n) is 7.54. The summed E-state index contributed by atoms with van der Waals surface area (Å²) in [4.78, 5) is 12.1. The average molecular weight is 316 g/mol. The van der Waals surface area contributed by atoms with Crippen LogP contribution >= 0.6 is 11.3 Å². The highest BCUT2D eigenvalue weighted by Gasteiger charge is 2.28. The van der Waals surface area contributed by atoms with E-state index in [1.807, 2.05) is 0 Å². The predicted molar refractivity (Wildman–Crippen MR) is 87.8 cm³/mol. The van der Waals surface area contributed by atoms with Gasteiger partial charge in [-0.2, -0.15) is 0 Å². The molecule has 2 aromatic rings. The summed E-state index contributed by atoms with van der Waals surface area (Å²) in [5.41, 5.74) is 8.29. The lowest BCUT2D eigenvalue weighted by molar-refractivity contribution is -0.119.